The fraction of sp³-hybridized carbons (Fsp3) is 0.529. The molecule has 1 aromatic carbocycles. The summed E-state index contributed by atoms with van der Waals surface area (Å²) >= 11 is 5.92. The summed E-state index contributed by atoms with van der Waals surface area (Å²) in [5.41, 5.74) is -0.313. The number of hydrogen-bond acceptors (Lipinski definition) is 3. The van der Waals surface area contributed by atoms with E-state index in [0.717, 1.165) is 5.56 Å². The summed E-state index contributed by atoms with van der Waals surface area (Å²) in [5.74, 6) is 0. The number of hydrogen-bond donors (Lipinski definition) is 0. The Labute approximate surface area is 142 Å². The highest BCUT2D eigenvalue weighted by Crippen LogP contribution is 2.40. The Kier molecular flexibility index (Phi) is 5.57. The van der Waals surface area contributed by atoms with Gasteiger partial charge in [0, 0.05) is 12.1 Å². The minimum atomic E-state index is -1.01. The van der Waals surface area contributed by atoms with Crippen LogP contribution in [0.3, 0.4) is 0 Å². The standard InChI is InChI=1S/C17H23BClFO3/c1-16(2)17(3,4)23-18(22-16)15(20)14(10-11-21-5)12-6-8-13(19)9-7-12/h6-9H,10-11H2,1-5H3. The summed E-state index contributed by atoms with van der Waals surface area (Å²) < 4.78 is 31.8. The van der Waals surface area contributed by atoms with Gasteiger partial charge in [0.2, 0.25) is 0 Å². The number of benzene rings is 1. The highest BCUT2D eigenvalue weighted by molar-refractivity contribution is 6.55. The molecule has 1 aromatic rings. The van der Waals surface area contributed by atoms with Crippen LogP contribution in [-0.2, 0) is 14.0 Å². The number of rotatable bonds is 5. The third-order valence-corrected chi connectivity index (χ3v) is 4.75. The summed E-state index contributed by atoms with van der Waals surface area (Å²) in [6, 6.07) is 7.05. The third-order valence-electron chi connectivity index (χ3n) is 4.50. The van der Waals surface area contributed by atoms with E-state index in [9.17, 15) is 0 Å². The average molecular weight is 341 g/mol. The highest BCUT2D eigenvalue weighted by Gasteiger charge is 2.53. The van der Waals surface area contributed by atoms with Crippen molar-refractivity contribution in [3.63, 3.8) is 0 Å². The summed E-state index contributed by atoms with van der Waals surface area (Å²) in [4.78, 5) is 0. The first kappa shape index (κ1) is 18.5. The molecule has 0 aromatic heterocycles. The second kappa shape index (κ2) is 6.93. The lowest BCUT2D eigenvalue weighted by molar-refractivity contribution is 0.00578. The first-order valence-electron chi connectivity index (χ1n) is 7.67. The molecule has 6 heteroatoms. The van der Waals surface area contributed by atoms with Gasteiger partial charge in [0.15, 0.2) is 0 Å². The van der Waals surface area contributed by atoms with Crippen LogP contribution in [0, 0.1) is 0 Å². The average Bonchev–Trinajstić information content (AvgIpc) is 2.69. The van der Waals surface area contributed by atoms with E-state index in [1.54, 1.807) is 31.4 Å². The minimum Gasteiger partial charge on any atom is -0.398 e. The van der Waals surface area contributed by atoms with Crippen molar-refractivity contribution in [3.8, 4) is 0 Å². The molecule has 0 aliphatic carbocycles. The van der Waals surface area contributed by atoms with Crippen molar-refractivity contribution >= 4 is 24.3 Å². The quantitative estimate of drug-likeness (QED) is 0.728. The fourth-order valence-electron chi connectivity index (χ4n) is 2.35. The zero-order valence-electron chi connectivity index (χ0n) is 14.3. The molecule has 126 valence electrons. The van der Waals surface area contributed by atoms with Gasteiger partial charge in [0.1, 0.15) is 5.73 Å². The summed E-state index contributed by atoms with van der Waals surface area (Å²) in [6.07, 6.45) is 0.425. The Morgan fingerprint density at radius 2 is 1.65 bits per heavy atom. The molecule has 1 heterocycles. The smallest absolute Gasteiger partial charge is 0.398 e. The van der Waals surface area contributed by atoms with Crippen LogP contribution in [0.4, 0.5) is 4.39 Å². The second-order valence-corrected chi connectivity index (χ2v) is 7.10. The molecular weight excluding hydrogens is 317 g/mol. The Morgan fingerprint density at radius 1 is 1.13 bits per heavy atom. The van der Waals surface area contributed by atoms with Crippen LogP contribution in [0.5, 0.6) is 0 Å². The molecule has 3 nitrogen and oxygen atoms in total. The molecule has 0 saturated carbocycles. The van der Waals surface area contributed by atoms with Gasteiger partial charge in [0.25, 0.3) is 0 Å². The van der Waals surface area contributed by atoms with Crippen LogP contribution in [0.2, 0.25) is 5.02 Å². The molecule has 0 atom stereocenters. The van der Waals surface area contributed by atoms with E-state index in [2.05, 4.69) is 0 Å². The Bertz CT molecular complexity index is 568. The molecule has 0 spiro atoms. The van der Waals surface area contributed by atoms with Gasteiger partial charge in [-0.1, -0.05) is 23.7 Å². The molecule has 0 bridgehead atoms. The van der Waals surface area contributed by atoms with Crippen molar-refractivity contribution < 1.29 is 18.4 Å². The van der Waals surface area contributed by atoms with Crippen molar-refractivity contribution in [1.29, 1.82) is 0 Å². The molecule has 1 fully saturated rings. The molecule has 1 aliphatic rings. The Balaban J connectivity index is 2.36. The number of halogens is 2. The first-order valence-corrected chi connectivity index (χ1v) is 8.05. The molecule has 2 rings (SSSR count). The van der Waals surface area contributed by atoms with Crippen molar-refractivity contribution in [2.75, 3.05) is 13.7 Å². The molecule has 0 amide bonds. The van der Waals surface area contributed by atoms with E-state index in [1.807, 2.05) is 27.7 Å². The third kappa shape index (κ3) is 3.97. The molecule has 1 aliphatic heterocycles. The van der Waals surface area contributed by atoms with Crippen molar-refractivity contribution in [2.45, 2.75) is 45.3 Å². The van der Waals surface area contributed by atoms with Crippen LogP contribution in [-0.4, -0.2) is 32.0 Å². The van der Waals surface area contributed by atoms with Crippen LogP contribution >= 0.6 is 11.6 Å². The zero-order valence-corrected chi connectivity index (χ0v) is 15.0. The monoisotopic (exact) mass is 340 g/mol. The van der Waals surface area contributed by atoms with Gasteiger partial charge in [0.05, 0.1) is 17.8 Å². The van der Waals surface area contributed by atoms with Crippen LogP contribution in [0.25, 0.3) is 5.57 Å². The van der Waals surface area contributed by atoms with E-state index >= 15 is 4.39 Å². The topological polar surface area (TPSA) is 27.7 Å². The molecule has 0 radical (unpaired) electrons. The predicted molar refractivity (Wildman–Crippen MR) is 92.1 cm³/mol. The molecule has 23 heavy (non-hydrogen) atoms. The Hall–Kier alpha value is -0.875. The fourth-order valence-corrected chi connectivity index (χ4v) is 2.47. The van der Waals surface area contributed by atoms with E-state index < -0.39 is 24.0 Å². The zero-order chi connectivity index (χ0) is 17.3. The van der Waals surface area contributed by atoms with Gasteiger partial charge in [-0.2, -0.15) is 0 Å². The van der Waals surface area contributed by atoms with Gasteiger partial charge in [-0.25, -0.2) is 4.39 Å². The van der Waals surface area contributed by atoms with E-state index in [0.29, 0.717) is 23.6 Å². The van der Waals surface area contributed by atoms with Crippen molar-refractivity contribution in [2.24, 2.45) is 0 Å². The van der Waals surface area contributed by atoms with Gasteiger partial charge >= 0.3 is 7.12 Å². The van der Waals surface area contributed by atoms with E-state index in [1.165, 1.54) is 0 Å². The van der Waals surface area contributed by atoms with Crippen LogP contribution in [0.1, 0.15) is 39.7 Å². The molecule has 1 saturated heterocycles. The Morgan fingerprint density at radius 3 is 2.13 bits per heavy atom. The highest BCUT2D eigenvalue weighted by atomic mass is 35.5. The van der Waals surface area contributed by atoms with Crippen LogP contribution in [0.15, 0.2) is 30.0 Å². The van der Waals surface area contributed by atoms with Gasteiger partial charge in [-0.15, -0.1) is 0 Å². The molecular formula is C17H23BClFO3. The van der Waals surface area contributed by atoms with Crippen LogP contribution < -0.4 is 0 Å². The lowest BCUT2D eigenvalue weighted by atomic mass is 9.82. The maximum atomic E-state index is 15.1. The van der Waals surface area contributed by atoms with Gasteiger partial charge in [-0.05, 0) is 57.4 Å². The summed E-state index contributed by atoms with van der Waals surface area (Å²) in [7, 11) is 0.578. The van der Waals surface area contributed by atoms with E-state index in [4.69, 9.17) is 25.6 Å². The first-order chi connectivity index (χ1) is 10.7. The SMILES string of the molecule is COCCC(=C(F)B1OC(C)(C)C(C)(C)O1)c1ccc(Cl)cc1. The maximum absolute atomic E-state index is 15.1. The van der Waals surface area contributed by atoms with Crippen molar-refractivity contribution in [1.82, 2.24) is 0 Å². The van der Waals surface area contributed by atoms with Gasteiger partial charge < -0.3 is 14.0 Å². The number of methoxy groups -OCH3 is 1. The second-order valence-electron chi connectivity index (χ2n) is 6.66. The number of ether oxygens (including phenoxy) is 1. The van der Waals surface area contributed by atoms with Crippen molar-refractivity contribution in [3.05, 3.63) is 40.6 Å². The van der Waals surface area contributed by atoms with E-state index in [-0.39, 0.29) is 0 Å². The maximum Gasteiger partial charge on any atom is 0.525 e. The normalized spacial score (nSPS) is 20.6. The summed E-state index contributed by atoms with van der Waals surface area (Å²) in [5, 5.41) is 0.607. The largest absolute Gasteiger partial charge is 0.525 e. The summed E-state index contributed by atoms with van der Waals surface area (Å²) in [6.45, 7) is 8.01. The predicted octanol–water partition coefficient (Wildman–Crippen LogP) is 4.69. The van der Waals surface area contributed by atoms with Gasteiger partial charge in [-0.3, -0.25) is 0 Å². The molecule has 0 N–H and O–H groups in total. The lowest BCUT2D eigenvalue weighted by Crippen LogP contribution is -2.41. The lowest BCUT2D eigenvalue weighted by Gasteiger charge is -2.32. The molecule has 0 unspecified atom stereocenters. The minimum absolute atomic E-state index is 0.408.